The van der Waals surface area contributed by atoms with Crippen molar-refractivity contribution in [1.82, 2.24) is 20.4 Å². The van der Waals surface area contributed by atoms with Gasteiger partial charge < -0.3 is 15.4 Å². The van der Waals surface area contributed by atoms with Crippen LogP contribution in [0.2, 0.25) is 0 Å². The topological polar surface area (TPSA) is 68.2 Å². The van der Waals surface area contributed by atoms with Crippen LogP contribution in [-0.2, 0) is 17.8 Å². The Kier molecular flexibility index (Phi) is 6.68. The molecule has 120 valence electrons. The normalized spacial score (nSPS) is 13.0. The Labute approximate surface area is 127 Å². The van der Waals surface area contributed by atoms with Crippen LogP contribution in [0.1, 0.15) is 46.6 Å². The third-order valence-corrected chi connectivity index (χ3v) is 2.94. The molecule has 1 aromatic heterocycles. The third kappa shape index (κ3) is 7.13. The molecule has 1 rings (SSSR count). The van der Waals surface area contributed by atoms with E-state index in [-0.39, 0.29) is 12.1 Å². The van der Waals surface area contributed by atoms with E-state index in [1.807, 2.05) is 44.8 Å². The summed E-state index contributed by atoms with van der Waals surface area (Å²) in [6.45, 7) is 12.0. The Bertz CT molecular complexity index is 437. The fourth-order valence-corrected chi connectivity index (χ4v) is 1.83. The number of hydrogen-bond donors (Lipinski definition) is 2. The molecule has 6 nitrogen and oxygen atoms in total. The molecule has 1 atom stereocenters. The van der Waals surface area contributed by atoms with Gasteiger partial charge in [-0.05, 0) is 34.1 Å². The minimum Gasteiger partial charge on any atom is -0.444 e. The number of nitrogens with one attached hydrogen (secondary N) is 2. The van der Waals surface area contributed by atoms with Crippen LogP contribution in [0.15, 0.2) is 12.4 Å². The van der Waals surface area contributed by atoms with Crippen LogP contribution in [0.25, 0.3) is 0 Å². The summed E-state index contributed by atoms with van der Waals surface area (Å²) < 4.78 is 7.16. The molecule has 0 aliphatic rings. The lowest BCUT2D eigenvalue weighted by atomic mass is 10.2. The van der Waals surface area contributed by atoms with E-state index in [4.69, 9.17) is 4.74 Å². The van der Waals surface area contributed by atoms with Crippen molar-refractivity contribution >= 4 is 6.09 Å². The number of aryl methyl sites for hydroxylation is 1. The molecule has 0 saturated carbocycles. The zero-order valence-electron chi connectivity index (χ0n) is 13.8. The highest BCUT2D eigenvalue weighted by Crippen LogP contribution is 2.07. The van der Waals surface area contributed by atoms with Gasteiger partial charge in [0.25, 0.3) is 0 Å². The van der Waals surface area contributed by atoms with E-state index in [0.29, 0.717) is 6.54 Å². The molecule has 0 fully saturated rings. The van der Waals surface area contributed by atoms with Crippen LogP contribution >= 0.6 is 0 Å². The van der Waals surface area contributed by atoms with Crippen molar-refractivity contribution in [2.24, 2.45) is 0 Å². The van der Waals surface area contributed by atoms with Gasteiger partial charge in [-0.15, -0.1) is 0 Å². The van der Waals surface area contributed by atoms with Gasteiger partial charge in [0.2, 0.25) is 0 Å². The van der Waals surface area contributed by atoms with Crippen LogP contribution in [0.5, 0.6) is 0 Å². The molecule has 1 heterocycles. The molecule has 1 unspecified atom stereocenters. The third-order valence-electron chi connectivity index (χ3n) is 2.94. The number of rotatable bonds is 7. The van der Waals surface area contributed by atoms with Crippen molar-refractivity contribution in [3.8, 4) is 0 Å². The lowest BCUT2D eigenvalue weighted by molar-refractivity contribution is 0.0502. The highest BCUT2D eigenvalue weighted by Gasteiger charge is 2.18. The van der Waals surface area contributed by atoms with Gasteiger partial charge in [-0.1, -0.05) is 6.92 Å². The molecule has 0 saturated heterocycles. The SMILES string of the molecule is CCC(CNCc1cnn(CC)c1)NC(=O)OC(C)(C)C. The van der Waals surface area contributed by atoms with E-state index in [1.54, 1.807) is 0 Å². The Morgan fingerprint density at radius 1 is 1.43 bits per heavy atom. The highest BCUT2D eigenvalue weighted by molar-refractivity contribution is 5.68. The fraction of sp³-hybridized carbons (Fsp3) is 0.733. The minimum absolute atomic E-state index is 0.0565. The zero-order chi connectivity index (χ0) is 15.9. The predicted molar refractivity (Wildman–Crippen MR) is 83.1 cm³/mol. The van der Waals surface area contributed by atoms with Gasteiger partial charge in [0, 0.05) is 37.4 Å². The minimum atomic E-state index is -0.468. The van der Waals surface area contributed by atoms with Gasteiger partial charge in [0.05, 0.1) is 6.20 Å². The smallest absolute Gasteiger partial charge is 0.407 e. The second kappa shape index (κ2) is 8.02. The molecule has 0 spiro atoms. The Balaban J connectivity index is 2.32. The lowest BCUT2D eigenvalue weighted by Gasteiger charge is -2.23. The number of aromatic nitrogens is 2. The molecule has 0 radical (unpaired) electrons. The molecule has 1 amide bonds. The summed E-state index contributed by atoms with van der Waals surface area (Å²) in [6.07, 6.45) is 4.36. The molecule has 2 N–H and O–H groups in total. The van der Waals surface area contributed by atoms with Crippen LogP contribution in [0.3, 0.4) is 0 Å². The lowest BCUT2D eigenvalue weighted by Crippen LogP contribution is -2.43. The number of hydrogen-bond acceptors (Lipinski definition) is 4. The van der Waals surface area contributed by atoms with E-state index in [0.717, 1.165) is 25.1 Å². The van der Waals surface area contributed by atoms with Gasteiger partial charge in [-0.3, -0.25) is 4.68 Å². The molecular weight excluding hydrogens is 268 g/mol. The number of carbonyl (C=O) groups is 1. The summed E-state index contributed by atoms with van der Waals surface area (Å²) in [5.41, 5.74) is 0.675. The molecule has 0 aliphatic carbocycles. The van der Waals surface area contributed by atoms with Crippen molar-refractivity contribution in [3.05, 3.63) is 18.0 Å². The van der Waals surface area contributed by atoms with E-state index >= 15 is 0 Å². The van der Waals surface area contributed by atoms with E-state index in [9.17, 15) is 4.79 Å². The molecule has 6 heteroatoms. The van der Waals surface area contributed by atoms with Gasteiger partial charge in [-0.2, -0.15) is 5.10 Å². The Morgan fingerprint density at radius 2 is 2.14 bits per heavy atom. The van der Waals surface area contributed by atoms with Crippen LogP contribution in [-0.4, -0.2) is 34.1 Å². The van der Waals surface area contributed by atoms with Crippen molar-refractivity contribution in [1.29, 1.82) is 0 Å². The van der Waals surface area contributed by atoms with Crippen LogP contribution in [0, 0.1) is 0 Å². The van der Waals surface area contributed by atoms with Crippen LogP contribution < -0.4 is 10.6 Å². The first-order valence-corrected chi connectivity index (χ1v) is 7.55. The van der Waals surface area contributed by atoms with Crippen LogP contribution in [0.4, 0.5) is 4.79 Å². The number of alkyl carbamates (subject to hydrolysis) is 1. The fourth-order valence-electron chi connectivity index (χ4n) is 1.83. The van der Waals surface area contributed by atoms with Crippen molar-refractivity contribution in [2.45, 2.75) is 65.8 Å². The maximum atomic E-state index is 11.7. The summed E-state index contributed by atoms with van der Waals surface area (Å²) in [5, 5.41) is 10.4. The second-order valence-corrected chi connectivity index (χ2v) is 6.09. The number of nitrogens with zero attached hydrogens (tertiary/aromatic N) is 2. The maximum Gasteiger partial charge on any atom is 0.407 e. The second-order valence-electron chi connectivity index (χ2n) is 6.09. The zero-order valence-corrected chi connectivity index (χ0v) is 13.8. The number of carbonyl (C=O) groups excluding carboxylic acids is 1. The van der Waals surface area contributed by atoms with E-state index in [1.165, 1.54) is 0 Å². The number of amides is 1. The first kappa shape index (κ1) is 17.5. The summed E-state index contributed by atoms with van der Waals surface area (Å²) in [7, 11) is 0. The molecule has 0 aliphatic heterocycles. The monoisotopic (exact) mass is 296 g/mol. The largest absolute Gasteiger partial charge is 0.444 e. The summed E-state index contributed by atoms with van der Waals surface area (Å²) in [4.78, 5) is 11.7. The molecular formula is C15H28N4O2. The summed E-state index contributed by atoms with van der Waals surface area (Å²) >= 11 is 0. The van der Waals surface area contributed by atoms with Crippen molar-refractivity contribution in [3.63, 3.8) is 0 Å². The molecule has 1 aromatic rings. The highest BCUT2D eigenvalue weighted by atomic mass is 16.6. The standard InChI is InChI=1S/C15H28N4O2/c1-6-13(18-14(20)21-15(3,4)5)10-16-8-12-9-17-19(7-2)11-12/h9,11,13,16H,6-8,10H2,1-5H3,(H,18,20). The Morgan fingerprint density at radius 3 is 2.67 bits per heavy atom. The van der Waals surface area contributed by atoms with Crippen molar-refractivity contribution < 1.29 is 9.53 Å². The summed E-state index contributed by atoms with van der Waals surface area (Å²) in [5.74, 6) is 0. The Hall–Kier alpha value is -1.56. The first-order valence-electron chi connectivity index (χ1n) is 7.55. The van der Waals surface area contributed by atoms with Gasteiger partial charge in [0.15, 0.2) is 0 Å². The quantitative estimate of drug-likeness (QED) is 0.810. The van der Waals surface area contributed by atoms with E-state index < -0.39 is 5.60 Å². The van der Waals surface area contributed by atoms with Crippen molar-refractivity contribution in [2.75, 3.05) is 6.54 Å². The average molecular weight is 296 g/mol. The molecule has 0 aromatic carbocycles. The van der Waals surface area contributed by atoms with Gasteiger partial charge >= 0.3 is 6.09 Å². The molecule has 21 heavy (non-hydrogen) atoms. The number of ether oxygens (including phenoxy) is 1. The maximum absolute atomic E-state index is 11.7. The van der Waals surface area contributed by atoms with Gasteiger partial charge in [-0.25, -0.2) is 4.79 Å². The van der Waals surface area contributed by atoms with Gasteiger partial charge in [0.1, 0.15) is 5.60 Å². The van der Waals surface area contributed by atoms with E-state index in [2.05, 4.69) is 22.7 Å². The summed E-state index contributed by atoms with van der Waals surface area (Å²) in [6, 6.07) is 0.0565. The molecule has 0 bridgehead atoms. The average Bonchev–Trinajstić information content (AvgIpc) is 2.83. The first-order chi connectivity index (χ1) is 9.84. The predicted octanol–water partition coefficient (Wildman–Crippen LogP) is 2.30.